The molecule has 30 heavy (non-hydrogen) atoms. The highest BCUT2D eigenvalue weighted by Gasteiger charge is 2.14. The average molecular weight is 423 g/mol. The molecule has 0 aliphatic carbocycles. The molecule has 0 saturated carbocycles. The summed E-state index contributed by atoms with van der Waals surface area (Å²) in [7, 11) is 1.63. The number of rotatable bonds is 6. The van der Waals surface area contributed by atoms with Crippen LogP contribution in [0.15, 0.2) is 54.7 Å². The van der Waals surface area contributed by atoms with Crippen LogP contribution in [-0.2, 0) is 6.54 Å². The van der Waals surface area contributed by atoms with Crippen LogP contribution in [0.5, 0.6) is 5.75 Å². The number of carbonyl (C=O) groups excluding carboxylic acids is 1. The highest BCUT2D eigenvalue weighted by Crippen LogP contribution is 2.20. The second-order valence-electron chi connectivity index (χ2n) is 7.34. The normalized spacial score (nSPS) is 14.5. The summed E-state index contributed by atoms with van der Waals surface area (Å²) >= 11 is 2.02. The molecule has 1 aliphatic rings. The lowest BCUT2D eigenvalue weighted by atomic mass is 10.1. The molecule has 1 saturated heterocycles. The fourth-order valence-corrected chi connectivity index (χ4v) is 4.47. The summed E-state index contributed by atoms with van der Waals surface area (Å²) in [5.74, 6) is 2.97. The Bertz CT molecular complexity index is 1010. The number of aryl methyl sites for hydroxylation is 1. The van der Waals surface area contributed by atoms with E-state index in [0.29, 0.717) is 5.69 Å². The summed E-state index contributed by atoms with van der Waals surface area (Å²) in [6.45, 7) is 5.27. The Kier molecular flexibility index (Phi) is 6.40. The van der Waals surface area contributed by atoms with E-state index in [9.17, 15) is 4.79 Å². The highest BCUT2D eigenvalue weighted by atomic mass is 32.2. The van der Waals surface area contributed by atoms with Gasteiger partial charge in [0.1, 0.15) is 5.75 Å². The summed E-state index contributed by atoms with van der Waals surface area (Å²) in [5, 5.41) is 7.40. The van der Waals surface area contributed by atoms with Crippen molar-refractivity contribution < 1.29 is 9.53 Å². The van der Waals surface area contributed by atoms with Crippen molar-refractivity contribution in [3.8, 4) is 11.4 Å². The van der Waals surface area contributed by atoms with Crippen LogP contribution in [0, 0.1) is 6.92 Å². The van der Waals surface area contributed by atoms with Gasteiger partial charge in [0.05, 0.1) is 12.8 Å². The van der Waals surface area contributed by atoms with Crippen LogP contribution < -0.4 is 10.1 Å². The van der Waals surface area contributed by atoms with Gasteiger partial charge in [0, 0.05) is 43.0 Å². The third-order valence-electron chi connectivity index (χ3n) is 5.21. The van der Waals surface area contributed by atoms with Gasteiger partial charge < -0.3 is 10.1 Å². The molecule has 7 heteroatoms. The van der Waals surface area contributed by atoms with Crippen molar-refractivity contribution >= 4 is 23.4 Å². The highest BCUT2D eigenvalue weighted by molar-refractivity contribution is 7.99. The fourth-order valence-electron chi connectivity index (χ4n) is 3.49. The van der Waals surface area contributed by atoms with Crippen LogP contribution in [0.4, 0.5) is 5.69 Å². The van der Waals surface area contributed by atoms with Crippen molar-refractivity contribution in [3.63, 3.8) is 0 Å². The van der Waals surface area contributed by atoms with Crippen LogP contribution in [0.1, 0.15) is 21.6 Å². The number of methoxy groups -OCH3 is 1. The molecule has 0 spiro atoms. The van der Waals surface area contributed by atoms with Gasteiger partial charge in [-0.05, 0) is 54.4 Å². The van der Waals surface area contributed by atoms with Crippen LogP contribution in [0.2, 0.25) is 0 Å². The number of thioether (sulfide) groups is 1. The van der Waals surface area contributed by atoms with Crippen molar-refractivity contribution in [2.75, 3.05) is 37.0 Å². The molecule has 0 radical (unpaired) electrons. The van der Waals surface area contributed by atoms with Crippen molar-refractivity contribution in [1.82, 2.24) is 14.7 Å². The van der Waals surface area contributed by atoms with E-state index in [0.717, 1.165) is 42.3 Å². The van der Waals surface area contributed by atoms with Gasteiger partial charge in [-0.3, -0.25) is 9.69 Å². The number of carbonyl (C=O) groups is 1. The number of ether oxygens (including phenoxy) is 1. The van der Waals surface area contributed by atoms with Gasteiger partial charge >= 0.3 is 0 Å². The fraction of sp³-hybridized carbons (Fsp3) is 0.304. The zero-order valence-electron chi connectivity index (χ0n) is 17.3. The molecule has 2 heterocycles. The second-order valence-corrected chi connectivity index (χ2v) is 8.56. The maximum absolute atomic E-state index is 12.7. The quantitative estimate of drug-likeness (QED) is 0.651. The minimum atomic E-state index is -0.217. The minimum Gasteiger partial charge on any atom is -0.497 e. The summed E-state index contributed by atoms with van der Waals surface area (Å²) in [6.07, 6.45) is 1.78. The molecule has 0 unspecified atom stereocenters. The third-order valence-corrected chi connectivity index (χ3v) is 6.15. The number of hydrogen-bond acceptors (Lipinski definition) is 5. The molecular weight excluding hydrogens is 396 g/mol. The molecule has 3 aromatic rings. The molecular formula is C23H26N4O2S. The van der Waals surface area contributed by atoms with E-state index >= 15 is 0 Å². The van der Waals surface area contributed by atoms with Crippen molar-refractivity contribution in [2.24, 2.45) is 0 Å². The van der Waals surface area contributed by atoms with Crippen molar-refractivity contribution in [2.45, 2.75) is 13.5 Å². The Morgan fingerprint density at radius 1 is 1.13 bits per heavy atom. The monoisotopic (exact) mass is 422 g/mol. The largest absolute Gasteiger partial charge is 0.497 e. The number of amides is 1. The first-order valence-electron chi connectivity index (χ1n) is 10.0. The number of aromatic nitrogens is 2. The van der Waals surface area contributed by atoms with Crippen LogP contribution in [0.3, 0.4) is 0 Å². The standard InChI is InChI=1S/C23H26N4O2S/c1-17-15-18(16-26-11-13-30-14-12-26)3-8-21(17)24-23(28)22-9-10-27(25-22)19-4-6-20(29-2)7-5-19/h3-10,15H,11-14,16H2,1-2H3,(H,24,28). The van der Waals surface area contributed by atoms with Gasteiger partial charge in [-0.15, -0.1) is 0 Å². The van der Waals surface area contributed by atoms with E-state index < -0.39 is 0 Å². The Hall–Kier alpha value is -2.77. The van der Waals surface area contributed by atoms with E-state index in [4.69, 9.17) is 4.74 Å². The van der Waals surface area contributed by atoms with Gasteiger partial charge in [-0.1, -0.05) is 12.1 Å². The minimum absolute atomic E-state index is 0.217. The molecule has 1 aromatic heterocycles. The summed E-state index contributed by atoms with van der Waals surface area (Å²) in [4.78, 5) is 15.2. The van der Waals surface area contributed by atoms with Crippen molar-refractivity contribution in [1.29, 1.82) is 0 Å². The number of hydrogen-bond donors (Lipinski definition) is 1. The van der Waals surface area contributed by atoms with E-state index in [1.165, 1.54) is 17.1 Å². The Labute approximate surface area is 181 Å². The number of nitrogens with zero attached hydrogens (tertiary/aromatic N) is 3. The number of anilines is 1. The second kappa shape index (κ2) is 9.36. The maximum Gasteiger partial charge on any atom is 0.276 e. The molecule has 0 atom stereocenters. The average Bonchev–Trinajstić information content (AvgIpc) is 3.27. The van der Waals surface area contributed by atoms with E-state index in [1.54, 1.807) is 24.1 Å². The molecule has 0 bridgehead atoms. The first-order valence-corrected chi connectivity index (χ1v) is 11.2. The number of nitrogens with one attached hydrogen (secondary N) is 1. The lowest BCUT2D eigenvalue weighted by Gasteiger charge is -2.26. The molecule has 4 rings (SSSR count). The topological polar surface area (TPSA) is 59.4 Å². The smallest absolute Gasteiger partial charge is 0.276 e. The Morgan fingerprint density at radius 3 is 2.60 bits per heavy atom. The summed E-state index contributed by atoms with van der Waals surface area (Å²) < 4.78 is 6.86. The van der Waals surface area contributed by atoms with E-state index in [1.807, 2.05) is 49.0 Å². The lowest BCUT2D eigenvalue weighted by molar-refractivity contribution is 0.102. The Balaban J connectivity index is 1.41. The van der Waals surface area contributed by atoms with Crippen molar-refractivity contribution in [3.05, 3.63) is 71.5 Å². The van der Waals surface area contributed by atoms with Gasteiger partial charge in [0.2, 0.25) is 0 Å². The SMILES string of the molecule is COc1ccc(-n2ccc(C(=O)Nc3ccc(CN4CCSCC4)cc3C)n2)cc1. The van der Waals surface area contributed by atoms with Crippen LogP contribution >= 0.6 is 11.8 Å². The third kappa shape index (κ3) is 4.86. The van der Waals surface area contributed by atoms with Crippen LogP contribution in [-0.4, -0.2) is 52.3 Å². The Morgan fingerprint density at radius 2 is 1.90 bits per heavy atom. The summed E-state index contributed by atoms with van der Waals surface area (Å²) in [6, 6.07) is 15.5. The number of benzene rings is 2. The molecule has 2 aromatic carbocycles. The zero-order chi connectivity index (χ0) is 20.9. The molecule has 156 valence electrons. The maximum atomic E-state index is 12.7. The molecule has 1 amide bonds. The van der Waals surface area contributed by atoms with E-state index in [2.05, 4.69) is 27.4 Å². The molecule has 1 fully saturated rings. The first kappa shape index (κ1) is 20.5. The molecule has 1 aliphatic heterocycles. The summed E-state index contributed by atoms with van der Waals surface area (Å²) in [5.41, 5.74) is 4.39. The predicted octanol–water partition coefficient (Wildman–Crippen LogP) is 3.99. The van der Waals surface area contributed by atoms with Gasteiger partial charge in [-0.25, -0.2) is 4.68 Å². The van der Waals surface area contributed by atoms with Gasteiger partial charge in [0.25, 0.3) is 5.91 Å². The predicted molar refractivity (Wildman–Crippen MR) is 122 cm³/mol. The van der Waals surface area contributed by atoms with Gasteiger partial charge in [0.15, 0.2) is 5.69 Å². The zero-order valence-corrected chi connectivity index (χ0v) is 18.1. The van der Waals surface area contributed by atoms with Crippen LogP contribution in [0.25, 0.3) is 5.69 Å². The molecule has 1 N–H and O–H groups in total. The lowest BCUT2D eigenvalue weighted by Crippen LogP contribution is -2.31. The van der Waals surface area contributed by atoms with Gasteiger partial charge in [-0.2, -0.15) is 16.9 Å². The first-order chi connectivity index (χ1) is 14.6. The van der Waals surface area contributed by atoms with E-state index in [-0.39, 0.29) is 5.91 Å². The molecule has 6 nitrogen and oxygen atoms in total.